The van der Waals surface area contributed by atoms with Crippen molar-refractivity contribution in [3.05, 3.63) is 0 Å². The van der Waals surface area contributed by atoms with E-state index in [0.717, 1.165) is 25.7 Å². The summed E-state index contributed by atoms with van der Waals surface area (Å²) in [6.07, 6.45) is 4.29. The first kappa shape index (κ1) is 14.9. The second-order valence-corrected chi connectivity index (χ2v) is 5.70. The number of ether oxygens (including phenoxy) is 1. The third-order valence-electron chi connectivity index (χ3n) is 2.18. The normalized spacial score (nSPS) is 14.1. The zero-order chi connectivity index (χ0) is 11.7. The molecule has 1 N–H and O–H groups in total. The zero-order valence-corrected chi connectivity index (χ0v) is 10.8. The highest BCUT2D eigenvalue weighted by Gasteiger charge is 2.13. The molecule has 0 aromatic heterocycles. The summed E-state index contributed by atoms with van der Waals surface area (Å²) in [5, 5.41) is 0. The van der Waals surface area contributed by atoms with Gasteiger partial charge in [-0.1, -0.05) is 26.2 Å². The fraction of sp³-hybridized carbons (Fsp3) is 1.00. The number of unbranched alkanes of at least 4 members (excludes halogenated alkanes) is 2. The van der Waals surface area contributed by atoms with Crippen LogP contribution in [0.5, 0.6) is 0 Å². The first-order chi connectivity index (χ1) is 7.02. The summed E-state index contributed by atoms with van der Waals surface area (Å²) in [5.41, 5.74) is 0. The first-order valence-electron chi connectivity index (χ1n) is 5.50. The van der Waals surface area contributed by atoms with Crippen LogP contribution < -0.4 is 4.72 Å². The van der Waals surface area contributed by atoms with E-state index in [9.17, 15) is 8.42 Å². The lowest BCUT2D eigenvalue weighted by atomic mass is 10.1. The topological polar surface area (TPSA) is 55.4 Å². The number of rotatable bonds is 9. The summed E-state index contributed by atoms with van der Waals surface area (Å²) in [5.74, 6) is 0.0433. The van der Waals surface area contributed by atoms with Gasteiger partial charge in [-0.2, -0.15) is 0 Å². The van der Waals surface area contributed by atoms with Crippen molar-refractivity contribution >= 4 is 10.0 Å². The molecule has 0 radical (unpaired) electrons. The smallest absolute Gasteiger partial charge is 0.214 e. The van der Waals surface area contributed by atoms with Crippen LogP contribution in [0.25, 0.3) is 0 Å². The van der Waals surface area contributed by atoms with Crippen molar-refractivity contribution in [1.82, 2.24) is 4.72 Å². The lowest BCUT2D eigenvalue weighted by molar-refractivity contribution is 0.216. The van der Waals surface area contributed by atoms with Gasteiger partial charge >= 0.3 is 0 Å². The average molecular weight is 237 g/mol. The number of nitrogens with one attached hydrogen (secondary N) is 1. The molecule has 4 nitrogen and oxygen atoms in total. The van der Waals surface area contributed by atoms with Gasteiger partial charge < -0.3 is 4.74 Å². The standard InChI is InChI=1S/C10H23NO3S/c1-4-5-6-7-10(2)11-15(12,13)9-8-14-3/h10-11H,4-9H2,1-3H3/t10-/m1/s1. The Morgan fingerprint density at radius 3 is 2.53 bits per heavy atom. The SMILES string of the molecule is CCCCC[C@@H](C)NS(=O)(=O)CCOC. The molecule has 1 atom stereocenters. The van der Waals surface area contributed by atoms with Crippen LogP contribution in [0.15, 0.2) is 0 Å². The quantitative estimate of drug-likeness (QED) is 0.619. The van der Waals surface area contributed by atoms with Crippen LogP contribution in [-0.4, -0.2) is 33.9 Å². The van der Waals surface area contributed by atoms with Gasteiger partial charge in [0.15, 0.2) is 0 Å². The minimum Gasteiger partial charge on any atom is -0.384 e. The van der Waals surface area contributed by atoms with Crippen LogP contribution in [0.1, 0.15) is 39.5 Å². The van der Waals surface area contributed by atoms with Crippen molar-refractivity contribution in [2.24, 2.45) is 0 Å². The minimum atomic E-state index is -3.16. The fourth-order valence-electron chi connectivity index (χ4n) is 1.32. The molecule has 0 saturated carbocycles. The van der Waals surface area contributed by atoms with Crippen LogP contribution in [0.3, 0.4) is 0 Å². The highest BCUT2D eigenvalue weighted by Crippen LogP contribution is 2.03. The third kappa shape index (κ3) is 8.84. The predicted octanol–water partition coefficient (Wildman–Crippen LogP) is 1.52. The molecule has 5 heteroatoms. The maximum absolute atomic E-state index is 11.4. The van der Waals surface area contributed by atoms with Gasteiger partial charge in [0.1, 0.15) is 0 Å². The van der Waals surface area contributed by atoms with Crippen molar-refractivity contribution in [2.45, 2.75) is 45.6 Å². The maximum Gasteiger partial charge on any atom is 0.214 e. The van der Waals surface area contributed by atoms with E-state index in [1.54, 1.807) is 0 Å². The van der Waals surface area contributed by atoms with Crippen molar-refractivity contribution < 1.29 is 13.2 Å². The Kier molecular flexibility index (Phi) is 8.00. The average Bonchev–Trinajstić information content (AvgIpc) is 2.14. The summed E-state index contributed by atoms with van der Waals surface area (Å²) in [7, 11) is -1.65. The van der Waals surface area contributed by atoms with Crippen LogP contribution in [0, 0.1) is 0 Å². The second-order valence-electron chi connectivity index (χ2n) is 3.83. The zero-order valence-electron chi connectivity index (χ0n) is 9.95. The van der Waals surface area contributed by atoms with Crippen molar-refractivity contribution in [3.63, 3.8) is 0 Å². The van der Waals surface area contributed by atoms with Crippen LogP contribution in [0.4, 0.5) is 0 Å². The molecular weight excluding hydrogens is 214 g/mol. The Morgan fingerprint density at radius 1 is 1.33 bits per heavy atom. The Hall–Kier alpha value is -0.130. The van der Waals surface area contributed by atoms with E-state index in [4.69, 9.17) is 4.74 Å². The van der Waals surface area contributed by atoms with Gasteiger partial charge in [0, 0.05) is 13.2 Å². The molecule has 15 heavy (non-hydrogen) atoms. The number of methoxy groups -OCH3 is 1. The van der Waals surface area contributed by atoms with Crippen molar-refractivity contribution in [3.8, 4) is 0 Å². The van der Waals surface area contributed by atoms with Crippen LogP contribution >= 0.6 is 0 Å². The third-order valence-corrected chi connectivity index (χ3v) is 3.64. The van der Waals surface area contributed by atoms with Crippen LogP contribution in [0.2, 0.25) is 0 Å². The van der Waals surface area contributed by atoms with Gasteiger partial charge in [-0.05, 0) is 13.3 Å². The minimum absolute atomic E-state index is 0.0263. The van der Waals surface area contributed by atoms with Gasteiger partial charge in [0.2, 0.25) is 10.0 Å². The Morgan fingerprint density at radius 2 is 2.00 bits per heavy atom. The molecule has 0 bridgehead atoms. The number of hydrogen-bond donors (Lipinski definition) is 1. The van der Waals surface area contributed by atoms with Crippen LogP contribution in [-0.2, 0) is 14.8 Å². The van der Waals surface area contributed by atoms with Crippen molar-refractivity contribution in [2.75, 3.05) is 19.5 Å². The highest BCUT2D eigenvalue weighted by molar-refractivity contribution is 7.89. The molecule has 0 aliphatic carbocycles. The van der Waals surface area contributed by atoms with Gasteiger partial charge in [-0.25, -0.2) is 13.1 Å². The fourth-order valence-corrected chi connectivity index (χ4v) is 2.55. The molecule has 0 heterocycles. The van der Waals surface area contributed by atoms with Gasteiger partial charge in [-0.15, -0.1) is 0 Å². The molecule has 0 aromatic rings. The first-order valence-corrected chi connectivity index (χ1v) is 7.16. The molecule has 92 valence electrons. The number of hydrogen-bond acceptors (Lipinski definition) is 3. The van der Waals surface area contributed by atoms with E-state index in [2.05, 4.69) is 11.6 Å². The Labute approximate surface area is 93.4 Å². The van der Waals surface area contributed by atoms with Gasteiger partial charge in [0.05, 0.1) is 12.4 Å². The lowest BCUT2D eigenvalue weighted by Crippen LogP contribution is -2.35. The summed E-state index contributed by atoms with van der Waals surface area (Å²) in [6, 6.07) is 0.0263. The summed E-state index contributed by atoms with van der Waals surface area (Å²) >= 11 is 0. The van der Waals surface area contributed by atoms with E-state index in [1.807, 2.05) is 6.92 Å². The van der Waals surface area contributed by atoms with E-state index < -0.39 is 10.0 Å². The van der Waals surface area contributed by atoms with E-state index in [1.165, 1.54) is 7.11 Å². The lowest BCUT2D eigenvalue weighted by Gasteiger charge is -2.13. The maximum atomic E-state index is 11.4. The molecular formula is C10H23NO3S. The van der Waals surface area contributed by atoms with Gasteiger partial charge in [0.25, 0.3) is 0 Å². The van der Waals surface area contributed by atoms with E-state index >= 15 is 0 Å². The largest absolute Gasteiger partial charge is 0.384 e. The van der Waals surface area contributed by atoms with Crippen molar-refractivity contribution in [1.29, 1.82) is 0 Å². The van der Waals surface area contributed by atoms with E-state index in [0.29, 0.717) is 0 Å². The Bertz CT molecular complexity index is 239. The molecule has 0 rings (SSSR count). The molecule has 0 amide bonds. The second kappa shape index (κ2) is 8.07. The Balaban J connectivity index is 3.78. The number of sulfonamides is 1. The molecule has 0 aromatic carbocycles. The molecule has 0 spiro atoms. The predicted molar refractivity (Wildman–Crippen MR) is 62.4 cm³/mol. The molecule has 0 saturated heterocycles. The highest BCUT2D eigenvalue weighted by atomic mass is 32.2. The summed E-state index contributed by atoms with van der Waals surface area (Å²) in [4.78, 5) is 0. The van der Waals surface area contributed by atoms with Gasteiger partial charge in [-0.3, -0.25) is 0 Å². The molecule has 0 fully saturated rings. The summed E-state index contributed by atoms with van der Waals surface area (Å²) in [6.45, 7) is 4.28. The molecule has 0 unspecified atom stereocenters. The molecule has 0 aliphatic rings. The van der Waals surface area contributed by atoms with E-state index in [-0.39, 0.29) is 18.4 Å². The molecule has 0 aliphatic heterocycles. The summed E-state index contributed by atoms with van der Waals surface area (Å²) < 4.78 is 30.3. The monoisotopic (exact) mass is 237 g/mol.